The summed E-state index contributed by atoms with van der Waals surface area (Å²) >= 11 is 0. The Hall–Kier alpha value is -0.493. The van der Waals surface area contributed by atoms with Gasteiger partial charge in [-0.25, -0.2) is 0 Å². The topological polar surface area (TPSA) is 44.8 Å². The Morgan fingerprint density at radius 1 is 1.21 bits per heavy atom. The molecule has 1 atom stereocenters. The summed E-state index contributed by atoms with van der Waals surface area (Å²) in [6, 6.07) is 0. The lowest BCUT2D eigenvalue weighted by molar-refractivity contribution is -0.116. The predicted octanol–water partition coefficient (Wildman–Crippen LogP) is 1.40. The Bertz CT molecular complexity index is 215. The largest absolute Gasteiger partial charge is 0.511 e. The lowest BCUT2D eigenvalue weighted by atomic mass is 10.2. The van der Waals surface area contributed by atoms with Gasteiger partial charge in [-0.2, -0.15) is 0 Å². The normalized spacial score (nSPS) is 13.8. The van der Waals surface area contributed by atoms with Crippen LogP contribution in [0.2, 0.25) is 5.54 Å². The fraction of sp³-hybridized carbons (Fsp3) is 0.667. The average molecular weight is 218 g/mol. The van der Waals surface area contributed by atoms with Crippen LogP contribution in [0.4, 0.5) is 0 Å². The highest BCUT2D eigenvalue weighted by molar-refractivity contribution is 6.66. The van der Waals surface area contributed by atoms with E-state index in [1.54, 1.807) is 13.8 Å². The number of Topliss-reactive ketones (excluding diaryl/α,β-unsaturated/α-hetero) is 1. The zero-order valence-electron chi connectivity index (χ0n) is 9.42. The summed E-state index contributed by atoms with van der Waals surface area (Å²) in [7, 11) is 1.61. The van der Waals surface area contributed by atoms with E-state index in [0.717, 1.165) is 0 Å². The molecule has 0 saturated heterocycles. The number of rotatable bonds is 6. The quantitative estimate of drug-likeness (QED) is 0.499. The van der Waals surface area contributed by atoms with Crippen LogP contribution in [0.5, 0.6) is 0 Å². The Kier molecular flexibility index (Phi) is 5.21. The second-order valence-corrected chi connectivity index (χ2v) is 6.38. The molecule has 0 rings (SSSR count). The molecule has 0 aromatic rings. The first-order chi connectivity index (χ1) is 6.45. The van der Waals surface area contributed by atoms with Gasteiger partial charge in [-0.3, -0.25) is 4.79 Å². The molecule has 0 radical (unpaired) electrons. The zero-order valence-corrected chi connectivity index (χ0v) is 10.4. The second kappa shape index (κ2) is 5.40. The Balaban J connectivity index is 4.84. The van der Waals surface area contributed by atoms with E-state index in [4.69, 9.17) is 13.3 Å². The molecule has 0 fully saturated rings. The molecule has 0 amide bonds. The molecule has 0 aromatic carbocycles. The van der Waals surface area contributed by atoms with E-state index in [0.29, 0.717) is 5.57 Å². The summed E-state index contributed by atoms with van der Waals surface area (Å²) in [5.74, 6) is -0.0813. The molecular weight excluding hydrogens is 200 g/mol. The number of allylic oxidation sites excluding steroid dienone is 1. The van der Waals surface area contributed by atoms with Crippen LogP contribution in [-0.2, 0) is 18.1 Å². The van der Waals surface area contributed by atoms with Crippen LogP contribution in [0.1, 0.15) is 13.8 Å². The summed E-state index contributed by atoms with van der Waals surface area (Å²) in [5.41, 5.74) is 0.0699. The summed E-state index contributed by atoms with van der Waals surface area (Å²) < 4.78 is 15.6. The maximum Gasteiger partial charge on any atom is 0.511 e. The van der Waals surface area contributed by atoms with Gasteiger partial charge in [0.1, 0.15) is 0 Å². The maximum absolute atomic E-state index is 11.7. The van der Waals surface area contributed by atoms with Crippen molar-refractivity contribution in [1.29, 1.82) is 0 Å². The number of hydrogen-bond acceptors (Lipinski definition) is 4. The molecule has 0 aliphatic carbocycles. The molecule has 0 heterocycles. The van der Waals surface area contributed by atoms with Crippen LogP contribution in [0, 0.1) is 0 Å². The van der Waals surface area contributed by atoms with Crippen LogP contribution in [0.25, 0.3) is 0 Å². The summed E-state index contributed by atoms with van der Waals surface area (Å²) in [4.78, 5) is 11.7. The van der Waals surface area contributed by atoms with Crippen LogP contribution >= 0.6 is 0 Å². The molecular formula is C9H18O4Si. The molecule has 0 aromatic heterocycles. The second-order valence-electron chi connectivity index (χ2n) is 3.08. The molecule has 0 N–H and O–H groups in total. The molecule has 0 aliphatic heterocycles. The first-order valence-electron chi connectivity index (χ1n) is 4.30. The predicted molar refractivity (Wildman–Crippen MR) is 56.0 cm³/mol. The minimum absolute atomic E-state index is 0.0813. The highest BCUT2D eigenvalue weighted by Gasteiger charge is 2.48. The first kappa shape index (κ1) is 13.5. The van der Waals surface area contributed by atoms with E-state index in [1.165, 1.54) is 21.3 Å². The van der Waals surface area contributed by atoms with Crippen molar-refractivity contribution >= 4 is 14.6 Å². The maximum atomic E-state index is 11.7. The van der Waals surface area contributed by atoms with Crippen molar-refractivity contribution in [2.24, 2.45) is 0 Å². The summed E-state index contributed by atoms with van der Waals surface area (Å²) in [6.07, 6.45) is 0. The fourth-order valence-electron chi connectivity index (χ4n) is 1.31. The molecule has 0 bridgehead atoms. The Labute approximate surface area is 86.2 Å². The zero-order chi connectivity index (χ0) is 11.4. The van der Waals surface area contributed by atoms with Gasteiger partial charge in [0.2, 0.25) is 0 Å². The van der Waals surface area contributed by atoms with E-state index >= 15 is 0 Å². The standard InChI is InChI=1S/C9H18O4Si/c1-7(2)9(10)8(3)14(11-4,12-5)13-6/h8H,1H2,2-6H3. The highest BCUT2D eigenvalue weighted by Crippen LogP contribution is 2.26. The molecule has 0 saturated carbocycles. The number of hydrogen-bond donors (Lipinski definition) is 0. The van der Waals surface area contributed by atoms with E-state index in [9.17, 15) is 4.79 Å². The van der Waals surface area contributed by atoms with Crippen LogP contribution in [0.3, 0.4) is 0 Å². The fourth-order valence-corrected chi connectivity index (χ4v) is 3.44. The van der Waals surface area contributed by atoms with Crippen molar-refractivity contribution in [3.8, 4) is 0 Å². The van der Waals surface area contributed by atoms with E-state index in [-0.39, 0.29) is 5.78 Å². The minimum Gasteiger partial charge on any atom is -0.376 e. The Morgan fingerprint density at radius 3 is 1.79 bits per heavy atom. The summed E-state index contributed by atoms with van der Waals surface area (Å²) in [5, 5.41) is 0. The van der Waals surface area contributed by atoms with Gasteiger partial charge < -0.3 is 13.3 Å². The van der Waals surface area contributed by atoms with Gasteiger partial charge in [-0.15, -0.1) is 0 Å². The van der Waals surface area contributed by atoms with Gasteiger partial charge in [0, 0.05) is 21.3 Å². The van der Waals surface area contributed by atoms with Gasteiger partial charge in [0.25, 0.3) is 0 Å². The van der Waals surface area contributed by atoms with Crippen molar-refractivity contribution in [2.45, 2.75) is 19.4 Å². The third kappa shape index (κ3) is 2.51. The molecule has 14 heavy (non-hydrogen) atoms. The van der Waals surface area contributed by atoms with Crippen molar-refractivity contribution in [2.75, 3.05) is 21.3 Å². The molecule has 0 aliphatic rings. The number of carbonyl (C=O) groups is 1. The third-order valence-corrected chi connectivity index (χ3v) is 5.23. The van der Waals surface area contributed by atoms with E-state index < -0.39 is 14.3 Å². The van der Waals surface area contributed by atoms with Gasteiger partial charge in [-0.1, -0.05) is 13.5 Å². The van der Waals surface area contributed by atoms with Crippen LogP contribution in [0.15, 0.2) is 12.2 Å². The van der Waals surface area contributed by atoms with Crippen molar-refractivity contribution in [3.63, 3.8) is 0 Å². The molecule has 82 valence electrons. The van der Waals surface area contributed by atoms with Crippen LogP contribution in [-0.4, -0.2) is 35.9 Å². The molecule has 0 spiro atoms. The van der Waals surface area contributed by atoms with Gasteiger partial charge in [0.15, 0.2) is 5.78 Å². The van der Waals surface area contributed by atoms with E-state index in [1.807, 2.05) is 0 Å². The number of ketones is 1. The SMILES string of the molecule is C=C(C)C(=O)C(C)[Si](OC)(OC)OC. The lowest BCUT2D eigenvalue weighted by Gasteiger charge is -2.29. The lowest BCUT2D eigenvalue weighted by Crippen LogP contribution is -2.49. The van der Waals surface area contributed by atoms with Gasteiger partial charge >= 0.3 is 8.80 Å². The van der Waals surface area contributed by atoms with Crippen molar-refractivity contribution in [1.82, 2.24) is 0 Å². The Morgan fingerprint density at radius 2 is 1.57 bits per heavy atom. The van der Waals surface area contributed by atoms with E-state index in [2.05, 4.69) is 6.58 Å². The first-order valence-corrected chi connectivity index (χ1v) is 6.10. The molecule has 1 unspecified atom stereocenters. The van der Waals surface area contributed by atoms with Crippen molar-refractivity contribution < 1.29 is 18.1 Å². The van der Waals surface area contributed by atoms with Crippen molar-refractivity contribution in [3.05, 3.63) is 12.2 Å². The highest BCUT2D eigenvalue weighted by atomic mass is 28.4. The average Bonchev–Trinajstić information content (AvgIpc) is 2.19. The van der Waals surface area contributed by atoms with Crippen LogP contribution < -0.4 is 0 Å². The minimum atomic E-state index is -2.86. The van der Waals surface area contributed by atoms with Gasteiger partial charge in [0.05, 0.1) is 5.54 Å². The van der Waals surface area contributed by atoms with Gasteiger partial charge in [-0.05, 0) is 12.5 Å². The molecule has 4 nitrogen and oxygen atoms in total. The monoisotopic (exact) mass is 218 g/mol. The number of carbonyl (C=O) groups excluding carboxylic acids is 1. The molecule has 5 heteroatoms. The smallest absolute Gasteiger partial charge is 0.376 e. The summed E-state index contributed by atoms with van der Waals surface area (Å²) in [6.45, 7) is 7.00. The third-order valence-electron chi connectivity index (χ3n) is 2.20.